The Hall–Kier alpha value is -3.23. The van der Waals surface area contributed by atoms with Crippen molar-refractivity contribution in [3.63, 3.8) is 0 Å². The summed E-state index contributed by atoms with van der Waals surface area (Å²) in [5.74, 6) is -2.65. The Bertz CT molecular complexity index is 1840. The quantitative estimate of drug-likeness (QED) is 0.0173. The zero-order chi connectivity index (χ0) is 36.4. The Morgan fingerprint density at radius 3 is 2.16 bits per heavy atom. The van der Waals surface area contributed by atoms with Crippen molar-refractivity contribution in [2.45, 2.75) is 45.9 Å². The van der Waals surface area contributed by atoms with Crippen LogP contribution in [0.4, 0.5) is 5.69 Å². The maximum Gasteiger partial charge on any atom is 0.359 e. The molecule has 1 saturated heterocycles. The van der Waals surface area contributed by atoms with Crippen molar-refractivity contribution in [1.29, 1.82) is 0 Å². The SMILES string of the molecule is C[C@@H](O)[C@H]1C(=O)N(C(C(=O)OCc2ccc([N+](=O)[O-])cc2)=C(Oc2ccc(C(=S)c3cc(Cl)c(Cl)cc3Cl)cc2)SC(=O)C(C)(C)C)[C@H]1Cl. The number of thioether (sulfide) groups is 1. The van der Waals surface area contributed by atoms with E-state index in [9.17, 15) is 29.6 Å². The fourth-order valence-corrected chi connectivity index (χ4v) is 6.75. The number of hydrogen-bond donors (Lipinski definition) is 1. The number of esters is 1. The predicted octanol–water partition coefficient (Wildman–Crippen LogP) is 8.32. The minimum Gasteiger partial charge on any atom is -0.456 e. The number of likely N-dealkylation sites (tertiary alicyclic amines) is 1. The average Bonchev–Trinajstić information content (AvgIpc) is 3.03. The van der Waals surface area contributed by atoms with Gasteiger partial charge < -0.3 is 14.6 Å². The molecule has 1 N–H and O–H groups in total. The maximum atomic E-state index is 13.8. The van der Waals surface area contributed by atoms with Crippen LogP contribution in [0.1, 0.15) is 44.4 Å². The zero-order valence-corrected chi connectivity index (χ0v) is 30.9. The first-order valence-electron chi connectivity index (χ1n) is 14.4. The second kappa shape index (κ2) is 15.8. The second-order valence-corrected chi connectivity index (χ2v) is 14.8. The highest BCUT2D eigenvalue weighted by Crippen LogP contribution is 2.41. The molecule has 0 spiro atoms. The van der Waals surface area contributed by atoms with Crippen LogP contribution >= 0.6 is 70.4 Å². The van der Waals surface area contributed by atoms with Crippen LogP contribution in [0, 0.1) is 21.4 Å². The molecule has 0 unspecified atom stereocenters. The molecule has 258 valence electrons. The van der Waals surface area contributed by atoms with Crippen LogP contribution in [0.3, 0.4) is 0 Å². The highest BCUT2D eigenvalue weighted by molar-refractivity contribution is 8.16. The van der Waals surface area contributed by atoms with Crippen LogP contribution in [0.15, 0.2) is 71.5 Å². The highest BCUT2D eigenvalue weighted by Gasteiger charge is 2.53. The number of nitrogens with zero attached hydrogens (tertiary/aromatic N) is 2. The summed E-state index contributed by atoms with van der Waals surface area (Å²) < 4.78 is 11.6. The van der Waals surface area contributed by atoms with Gasteiger partial charge >= 0.3 is 5.97 Å². The third-order valence-electron chi connectivity index (χ3n) is 7.11. The number of alkyl halides is 1. The van der Waals surface area contributed by atoms with Crippen LogP contribution < -0.4 is 4.74 Å². The number of nitro benzene ring substituents is 1. The molecule has 0 bridgehead atoms. The molecule has 49 heavy (non-hydrogen) atoms. The molecule has 1 heterocycles. The largest absolute Gasteiger partial charge is 0.456 e. The molecule has 3 aromatic rings. The Morgan fingerprint density at radius 1 is 1.04 bits per heavy atom. The van der Waals surface area contributed by atoms with E-state index in [2.05, 4.69) is 0 Å². The Kier molecular flexibility index (Phi) is 12.4. The van der Waals surface area contributed by atoms with Gasteiger partial charge in [-0.3, -0.25) is 24.6 Å². The maximum absolute atomic E-state index is 13.8. The van der Waals surface area contributed by atoms with Crippen molar-refractivity contribution in [2.24, 2.45) is 11.3 Å². The molecule has 10 nitrogen and oxygen atoms in total. The van der Waals surface area contributed by atoms with Crippen LogP contribution in [0.2, 0.25) is 15.1 Å². The van der Waals surface area contributed by atoms with Gasteiger partial charge in [-0.2, -0.15) is 0 Å². The van der Waals surface area contributed by atoms with Gasteiger partial charge in [0.25, 0.3) is 5.69 Å². The minimum atomic E-state index is -1.19. The predicted molar refractivity (Wildman–Crippen MR) is 193 cm³/mol. The molecule has 4 rings (SSSR count). The van der Waals surface area contributed by atoms with Crippen LogP contribution in [-0.4, -0.2) is 48.4 Å². The summed E-state index contributed by atoms with van der Waals surface area (Å²) in [6, 6.07) is 14.7. The van der Waals surface area contributed by atoms with Crippen LogP contribution in [-0.2, 0) is 25.7 Å². The average molecular weight is 787 g/mol. The molecule has 1 amide bonds. The Labute approximate surface area is 311 Å². The van der Waals surface area contributed by atoms with Crippen molar-refractivity contribution in [2.75, 3.05) is 0 Å². The topological polar surface area (TPSA) is 136 Å². The fourth-order valence-electron chi connectivity index (χ4n) is 4.35. The van der Waals surface area contributed by atoms with Gasteiger partial charge in [0.1, 0.15) is 17.9 Å². The summed E-state index contributed by atoms with van der Waals surface area (Å²) in [7, 11) is 0. The number of β-lactam (4-membered cyclic amide) rings is 1. The van der Waals surface area contributed by atoms with Gasteiger partial charge in [-0.15, -0.1) is 0 Å². The van der Waals surface area contributed by atoms with E-state index < -0.39 is 50.5 Å². The molecule has 1 fully saturated rings. The molecular weight excluding hydrogens is 758 g/mol. The molecule has 0 aliphatic carbocycles. The minimum absolute atomic E-state index is 0.155. The lowest BCUT2D eigenvalue weighted by Crippen LogP contribution is -2.62. The third-order valence-corrected chi connectivity index (χ3v) is 10.3. The summed E-state index contributed by atoms with van der Waals surface area (Å²) in [5, 5.41) is 21.3. The van der Waals surface area contributed by atoms with Gasteiger partial charge in [0, 0.05) is 23.1 Å². The molecule has 1 aliphatic rings. The molecule has 1 aliphatic heterocycles. The number of ether oxygens (including phenoxy) is 2. The second-order valence-electron chi connectivity index (χ2n) is 11.8. The van der Waals surface area contributed by atoms with Gasteiger partial charge in [0.15, 0.2) is 10.8 Å². The number of rotatable bonds is 11. The number of non-ortho nitro benzene ring substituents is 1. The van der Waals surface area contributed by atoms with E-state index in [0.717, 1.165) is 4.90 Å². The van der Waals surface area contributed by atoms with E-state index >= 15 is 0 Å². The van der Waals surface area contributed by atoms with E-state index in [0.29, 0.717) is 38.3 Å². The van der Waals surface area contributed by atoms with Gasteiger partial charge in [-0.05, 0) is 78.3 Å². The number of thiocarbonyl (C=S) groups is 1. The number of carbonyl (C=O) groups is 3. The monoisotopic (exact) mass is 784 g/mol. The van der Waals surface area contributed by atoms with Crippen molar-refractivity contribution < 1.29 is 33.9 Å². The number of aliphatic hydroxyl groups excluding tert-OH is 1. The Morgan fingerprint density at radius 2 is 1.63 bits per heavy atom. The molecule has 3 aromatic carbocycles. The summed E-state index contributed by atoms with van der Waals surface area (Å²) in [4.78, 5) is 52.1. The number of aliphatic hydroxyl groups is 1. The number of carbonyl (C=O) groups excluding carboxylic acids is 3. The molecule has 0 aromatic heterocycles. The van der Waals surface area contributed by atoms with E-state index in [4.69, 9.17) is 68.1 Å². The fraction of sp³-hybridized carbons (Fsp3) is 0.273. The first-order chi connectivity index (χ1) is 22.9. The zero-order valence-electron chi connectivity index (χ0n) is 26.2. The normalized spacial score (nSPS) is 17.1. The van der Waals surface area contributed by atoms with Gasteiger partial charge in [-0.25, -0.2) is 4.79 Å². The van der Waals surface area contributed by atoms with Gasteiger partial charge in [-0.1, -0.05) is 79.4 Å². The van der Waals surface area contributed by atoms with Crippen LogP contribution in [0.5, 0.6) is 5.75 Å². The number of amides is 1. The van der Waals surface area contributed by atoms with Crippen molar-refractivity contribution in [3.8, 4) is 5.75 Å². The molecule has 3 atom stereocenters. The van der Waals surface area contributed by atoms with Crippen molar-refractivity contribution >= 4 is 97.9 Å². The number of hydrogen-bond acceptors (Lipinski definition) is 10. The van der Waals surface area contributed by atoms with E-state index in [1.165, 1.54) is 49.4 Å². The lowest BCUT2D eigenvalue weighted by molar-refractivity contribution is -0.384. The van der Waals surface area contributed by atoms with E-state index in [-0.39, 0.29) is 33.2 Å². The van der Waals surface area contributed by atoms with E-state index in [1.807, 2.05) is 0 Å². The number of halogens is 4. The summed E-state index contributed by atoms with van der Waals surface area (Å²) in [5.41, 5.74) is -1.27. The summed E-state index contributed by atoms with van der Waals surface area (Å²) >= 11 is 31.3. The summed E-state index contributed by atoms with van der Waals surface area (Å²) in [6.07, 6.45) is -1.14. The van der Waals surface area contributed by atoms with Gasteiger partial charge in [0.2, 0.25) is 11.0 Å². The standard InChI is InChI=1S/C33H28Cl4N2O8S2/c1-16(40)25-28(37)38(29(25)41)26(30(42)46-15-17-5-9-19(10-6-17)39(44)45)31(49-32(43)33(2,3)4)47-20-11-7-18(8-12-20)27(48)21-13-23(35)24(36)14-22(21)34/h5-14,16,25,28,40H,15H2,1-4H3/t16-,25-,28-/m1/s1. The van der Waals surface area contributed by atoms with Crippen molar-refractivity contribution in [1.82, 2.24) is 4.90 Å². The molecule has 0 radical (unpaired) electrons. The lowest BCUT2D eigenvalue weighted by atomic mass is 9.92. The highest BCUT2D eigenvalue weighted by atomic mass is 35.5. The lowest BCUT2D eigenvalue weighted by Gasteiger charge is -2.45. The van der Waals surface area contributed by atoms with Crippen LogP contribution in [0.25, 0.3) is 0 Å². The Balaban J connectivity index is 1.74. The molecular formula is C33H28Cl4N2O8S2. The smallest absolute Gasteiger partial charge is 0.359 e. The third kappa shape index (κ3) is 8.93. The first-order valence-corrected chi connectivity index (χ1v) is 17.2. The summed E-state index contributed by atoms with van der Waals surface area (Å²) in [6.45, 7) is 6.04. The number of nitro groups is 1. The molecule has 16 heteroatoms. The van der Waals surface area contributed by atoms with Crippen molar-refractivity contribution in [3.05, 3.63) is 113 Å². The first kappa shape index (κ1) is 38.6. The van der Waals surface area contributed by atoms with Gasteiger partial charge in [0.05, 0.1) is 36.9 Å². The number of benzene rings is 3. The molecule has 0 saturated carbocycles. The van der Waals surface area contributed by atoms with E-state index in [1.54, 1.807) is 39.0 Å².